The van der Waals surface area contributed by atoms with E-state index in [4.69, 9.17) is 14.3 Å². The van der Waals surface area contributed by atoms with Crippen molar-refractivity contribution in [2.75, 3.05) is 5.48 Å². The van der Waals surface area contributed by atoms with Crippen molar-refractivity contribution in [2.45, 2.75) is 32.6 Å². The number of rotatable bonds is 6. The highest BCUT2D eigenvalue weighted by molar-refractivity contribution is 5.82. The van der Waals surface area contributed by atoms with Gasteiger partial charge in [-0.2, -0.15) is 10.6 Å². The van der Waals surface area contributed by atoms with E-state index >= 15 is 0 Å². The van der Waals surface area contributed by atoms with Gasteiger partial charge >= 0.3 is 5.97 Å². The Balaban J connectivity index is 1.22. The Morgan fingerprint density at radius 2 is 1.78 bits per heavy atom. The molecule has 0 bridgehead atoms. The van der Waals surface area contributed by atoms with Gasteiger partial charge in [-0.15, -0.1) is 0 Å². The third-order valence-corrected chi connectivity index (χ3v) is 5.70. The van der Waals surface area contributed by atoms with Crippen molar-refractivity contribution in [2.24, 2.45) is 7.05 Å². The molecule has 0 fully saturated rings. The Kier molecular flexibility index (Phi) is 5.97. The van der Waals surface area contributed by atoms with Crippen LogP contribution in [0, 0.1) is 0 Å². The molecule has 3 aromatic heterocycles. The first-order valence-electron chi connectivity index (χ1n) is 11.5. The van der Waals surface area contributed by atoms with Gasteiger partial charge in [-0.3, -0.25) is 9.67 Å². The minimum atomic E-state index is -0.432. The number of carbonyl (C=O) groups is 1. The van der Waals surface area contributed by atoms with Gasteiger partial charge in [-0.05, 0) is 23.3 Å². The molecule has 0 aliphatic heterocycles. The number of carbonyl (C=O) groups excluding carboxylic acids is 1. The first-order valence-corrected chi connectivity index (χ1v) is 11.5. The Bertz CT molecular complexity index is 1530. The summed E-state index contributed by atoms with van der Waals surface area (Å²) in [7, 11) is 1.89. The van der Waals surface area contributed by atoms with Gasteiger partial charge in [-0.1, -0.05) is 56.3 Å². The van der Waals surface area contributed by atoms with Gasteiger partial charge in [-0.25, -0.2) is 9.78 Å². The van der Waals surface area contributed by atoms with Crippen LogP contribution < -0.4 is 5.48 Å². The second-order valence-electron chi connectivity index (χ2n) is 9.64. The fourth-order valence-electron chi connectivity index (χ4n) is 3.68. The highest BCUT2D eigenvalue weighted by Crippen LogP contribution is 2.26. The summed E-state index contributed by atoms with van der Waals surface area (Å²) in [6, 6.07) is 15.3. The molecule has 5 rings (SSSR count). The molecule has 0 amide bonds. The lowest BCUT2D eigenvalue weighted by molar-refractivity contribution is -0.139. The van der Waals surface area contributed by atoms with Gasteiger partial charge in [0.1, 0.15) is 5.76 Å². The molecular formula is C27H26N6O3. The van der Waals surface area contributed by atoms with E-state index in [0.29, 0.717) is 11.6 Å². The molecule has 1 N–H and O–H groups in total. The van der Waals surface area contributed by atoms with Gasteiger partial charge in [0.05, 0.1) is 35.5 Å². The maximum atomic E-state index is 12.3. The number of anilines is 1. The number of aryl methyl sites for hydroxylation is 1. The average Bonchev–Trinajstić information content (AvgIpc) is 3.52. The Morgan fingerprint density at radius 3 is 2.47 bits per heavy atom. The molecular weight excluding hydrogens is 456 g/mol. The Hall–Kier alpha value is -4.53. The van der Waals surface area contributed by atoms with Crippen LogP contribution in [0.15, 0.2) is 71.6 Å². The van der Waals surface area contributed by atoms with Crippen LogP contribution >= 0.6 is 0 Å². The molecule has 0 saturated heterocycles. The largest absolute Gasteiger partial charge is 0.359 e. The Labute approximate surface area is 208 Å². The van der Waals surface area contributed by atoms with Crippen LogP contribution in [-0.4, -0.2) is 30.9 Å². The second-order valence-corrected chi connectivity index (χ2v) is 9.64. The summed E-state index contributed by atoms with van der Waals surface area (Å²) in [4.78, 5) is 26.7. The zero-order valence-electron chi connectivity index (χ0n) is 20.5. The molecule has 0 atom stereocenters. The standard InChI is InChI=1S/C27H26N6O3/c1-27(2,3)24-13-25(31-35-24)32-36-26(34)11-17-5-7-18(8-6-17)23-15-28-22-12-19(9-10-21(22)30-23)20-14-29-33(4)16-20/h5-10,12-16H,11H2,1-4H3,(H,31,32). The van der Waals surface area contributed by atoms with Gasteiger partial charge < -0.3 is 9.36 Å². The van der Waals surface area contributed by atoms with Gasteiger partial charge in [0.2, 0.25) is 5.82 Å². The van der Waals surface area contributed by atoms with Crippen molar-refractivity contribution in [1.29, 1.82) is 0 Å². The zero-order valence-corrected chi connectivity index (χ0v) is 20.5. The van der Waals surface area contributed by atoms with Crippen molar-refractivity contribution in [1.82, 2.24) is 24.9 Å². The zero-order chi connectivity index (χ0) is 25.3. The lowest BCUT2D eigenvalue weighted by Crippen LogP contribution is -2.13. The van der Waals surface area contributed by atoms with E-state index in [2.05, 4.69) is 20.7 Å². The summed E-state index contributed by atoms with van der Waals surface area (Å²) in [5, 5.41) is 8.10. The van der Waals surface area contributed by atoms with Gasteiger partial charge in [0.25, 0.3) is 0 Å². The van der Waals surface area contributed by atoms with Crippen molar-refractivity contribution >= 4 is 22.8 Å². The molecule has 0 spiro atoms. The van der Waals surface area contributed by atoms with Crippen LogP contribution in [0.4, 0.5) is 5.82 Å². The minimum absolute atomic E-state index is 0.109. The van der Waals surface area contributed by atoms with Gasteiger partial charge in [0, 0.05) is 35.9 Å². The molecule has 9 heteroatoms. The minimum Gasteiger partial charge on any atom is -0.359 e. The number of hydrogen-bond acceptors (Lipinski definition) is 8. The van der Waals surface area contributed by atoms with E-state index in [1.165, 1.54) is 0 Å². The lowest BCUT2D eigenvalue weighted by atomic mass is 9.93. The van der Waals surface area contributed by atoms with Crippen LogP contribution in [-0.2, 0) is 28.5 Å². The molecule has 0 saturated carbocycles. The fraction of sp³-hybridized carbons (Fsp3) is 0.222. The number of hydrogen-bond donors (Lipinski definition) is 1. The quantitative estimate of drug-likeness (QED) is 0.333. The highest BCUT2D eigenvalue weighted by Gasteiger charge is 2.20. The average molecular weight is 483 g/mol. The summed E-state index contributed by atoms with van der Waals surface area (Å²) in [6.45, 7) is 6.03. The Morgan fingerprint density at radius 1 is 1.00 bits per heavy atom. The monoisotopic (exact) mass is 482 g/mol. The normalized spacial score (nSPS) is 11.6. The predicted molar refractivity (Wildman–Crippen MR) is 136 cm³/mol. The molecule has 182 valence electrons. The van der Waals surface area contributed by atoms with Crippen LogP contribution in [0.5, 0.6) is 0 Å². The third-order valence-electron chi connectivity index (χ3n) is 5.70. The fourth-order valence-corrected chi connectivity index (χ4v) is 3.68. The molecule has 36 heavy (non-hydrogen) atoms. The van der Waals surface area contributed by atoms with Crippen LogP contribution in [0.1, 0.15) is 32.1 Å². The van der Waals surface area contributed by atoms with E-state index in [0.717, 1.165) is 39.0 Å². The van der Waals surface area contributed by atoms with E-state index in [1.807, 2.05) is 82.7 Å². The lowest BCUT2D eigenvalue weighted by Gasteiger charge is -2.12. The van der Waals surface area contributed by atoms with Crippen molar-refractivity contribution in [3.05, 3.63) is 78.4 Å². The maximum Gasteiger partial charge on any atom is 0.336 e. The first-order chi connectivity index (χ1) is 17.2. The number of nitrogens with one attached hydrogen (secondary N) is 1. The predicted octanol–water partition coefficient (Wildman–Crippen LogP) is 5.10. The molecule has 2 aromatic carbocycles. The van der Waals surface area contributed by atoms with E-state index in [-0.39, 0.29) is 11.8 Å². The molecule has 0 aliphatic carbocycles. The number of benzene rings is 2. The topological polar surface area (TPSA) is 108 Å². The number of nitrogens with zero attached hydrogens (tertiary/aromatic N) is 5. The van der Waals surface area contributed by atoms with Gasteiger partial charge in [0.15, 0.2) is 0 Å². The summed E-state index contributed by atoms with van der Waals surface area (Å²) in [6.07, 6.45) is 5.66. The highest BCUT2D eigenvalue weighted by atomic mass is 16.7. The first kappa shape index (κ1) is 23.2. The summed E-state index contributed by atoms with van der Waals surface area (Å²) < 4.78 is 7.04. The van der Waals surface area contributed by atoms with Crippen molar-refractivity contribution in [3.63, 3.8) is 0 Å². The van der Waals surface area contributed by atoms with Crippen LogP contribution in [0.2, 0.25) is 0 Å². The smallest absolute Gasteiger partial charge is 0.336 e. The van der Waals surface area contributed by atoms with Crippen LogP contribution in [0.3, 0.4) is 0 Å². The molecule has 0 aliphatic rings. The van der Waals surface area contributed by atoms with Crippen LogP contribution in [0.25, 0.3) is 33.4 Å². The maximum absolute atomic E-state index is 12.3. The summed E-state index contributed by atoms with van der Waals surface area (Å²) in [5.41, 5.74) is 8.55. The molecule has 0 radical (unpaired) electrons. The second kappa shape index (κ2) is 9.26. The summed E-state index contributed by atoms with van der Waals surface area (Å²) in [5.74, 6) is 0.617. The van der Waals surface area contributed by atoms with Crippen molar-refractivity contribution < 1.29 is 14.2 Å². The van der Waals surface area contributed by atoms with E-state index in [9.17, 15) is 4.79 Å². The van der Waals surface area contributed by atoms with E-state index in [1.54, 1.807) is 16.9 Å². The molecule has 9 nitrogen and oxygen atoms in total. The molecule has 0 unspecified atom stereocenters. The number of aromatic nitrogens is 5. The molecule has 3 heterocycles. The molecule has 5 aromatic rings. The van der Waals surface area contributed by atoms with E-state index < -0.39 is 5.97 Å². The summed E-state index contributed by atoms with van der Waals surface area (Å²) >= 11 is 0. The SMILES string of the molecule is Cn1cc(-c2ccc3nc(-c4ccc(CC(=O)ONc5cc(C(C)(C)C)on5)cc4)cnc3c2)cn1. The number of fused-ring (bicyclic) bond motifs is 1. The third kappa shape index (κ3) is 5.10. The van der Waals surface area contributed by atoms with Crippen molar-refractivity contribution in [3.8, 4) is 22.4 Å².